The van der Waals surface area contributed by atoms with Crippen LogP contribution in [0.1, 0.15) is 18.6 Å². The summed E-state index contributed by atoms with van der Waals surface area (Å²) in [5.41, 5.74) is 0.457. The van der Waals surface area contributed by atoms with Crippen LogP contribution in [0.2, 0.25) is 5.02 Å². The Kier molecular flexibility index (Phi) is 4.22. The lowest BCUT2D eigenvalue weighted by atomic mass is 10.1. The second kappa shape index (κ2) is 5.90. The van der Waals surface area contributed by atoms with Crippen LogP contribution in [0.5, 0.6) is 11.5 Å². The van der Waals surface area contributed by atoms with Crippen molar-refractivity contribution >= 4 is 17.3 Å². The number of aliphatic hydroxyl groups is 1. The lowest BCUT2D eigenvalue weighted by Gasteiger charge is -2.09. The van der Waals surface area contributed by atoms with Crippen molar-refractivity contribution in [2.24, 2.45) is 0 Å². The molecule has 5 nitrogen and oxygen atoms in total. The van der Waals surface area contributed by atoms with E-state index in [4.69, 9.17) is 16.3 Å². The molecule has 0 bridgehead atoms. The molecular formula is C14H12ClNO4. The van der Waals surface area contributed by atoms with Gasteiger partial charge in [-0.25, -0.2) is 0 Å². The van der Waals surface area contributed by atoms with Crippen LogP contribution >= 0.6 is 11.6 Å². The van der Waals surface area contributed by atoms with Gasteiger partial charge in [0, 0.05) is 11.1 Å². The molecular weight excluding hydrogens is 282 g/mol. The maximum absolute atomic E-state index is 11.0. The lowest BCUT2D eigenvalue weighted by molar-refractivity contribution is -0.385. The summed E-state index contributed by atoms with van der Waals surface area (Å²) in [5.74, 6) is 0.510. The molecule has 6 heteroatoms. The third kappa shape index (κ3) is 3.26. The monoisotopic (exact) mass is 293 g/mol. The highest BCUT2D eigenvalue weighted by Crippen LogP contribution is 2.34. The molecule has 0 aromatic heterocycles. The SMILES string of the molecule is C[C@H](O)c1cccc(Oc2ccc(Cl)cc2[N+](=O)[O-])c1. The first-order chi connectivity index (χ1) is 9.47. The molecule has 20 heavy (non-hydrogen) atoms. The molecule has 0 unspecified atom stereocenters. The highest BCUT2D eigenvalue weighted by molar-refractivity contribution is 6.30. The molecule has 2 rings (SSSR count). The third-order valence-corrected chi connectivity index (χ3v) is 2.92. The Morgan fingerprint density at radius 2 is 2.05 bits per heavy atom. The van der Waals surface area contributed by atoms with Crippen LogP contribution in [0.3, 0.4) is 0 Å². The zero-order chi connectivity index (χ0) is 14.7. The van der Waals surface area contributed by atoms with Crippen LogP contribution in [0.25, 0.3) is 0 Å². The summed E-state index contributed by atoms with van der Waals surface area (Å²) in [6.07, 6.45) is -0.640. The van der Waals surface area contributed by atoms with Crippen molar-refractivity contribution in [2.45, 2.75) is 13.0 Å². The number of hydrogen-bond donors (Lipinski definition) is 1. The summed E-state index contributed by atoms with van der Waals surface area (Å²) >= 11 is 5.74. The number of nitro groups is 1. The number of aliphatic hydroxyl groups excluding tert-OH is 1. The average molecular weight is 294 g/mol. The van der Waals surface area contributed by atoms with Gasteiger partial charge < -0.3 is 9.84 Å². The average Bonchev–Trinajstić information content (AvgIpc) is 2.41. The summed E-state index contributed by atoms with van der Waals surface area (Å²) < 4.78 is 5.51. The van der Waals surface area contributed by atoms with Crippen molar-refractivity contribution in [3.8, 4) is 11.5 Å². The summed E-state index contributed by atoms with van der Waals surface area (Å²) in [6.45, 7) is 1.63. The van der Waals surface area contributed by atoms with E-state index >= 15 is 0 Å². The molecule has 1 atom stereocenters. The van der Waals surface area contributed by atoms with E-state index in [0.717, 1.165) is 0 Å². The summed E-state index contributed by atoms with van der Waals surface area (Å²) in [7, 11) is 0. The molecule has 2 aromatic rings. The molecule has 0 heterocycles. The second-order valence-electron chi connectivity index (χ2n) is 4.22. The van der Waals surface area contributed by atoms with Crippen molar-refractivity contribution in [1.82, 2.24) is 0 Å². The summed E-state index contributed by atoms with van der Waals surface area (Å²) in [4.78, 5) is 10.4. The topological polar surface area (TPSA) is 72.6 Å². The predicted octanol–water partition coefficient (Wildman–Crippen LogP) is 4.09. The van der Waals surface area contributed by atoms with Crippen LogP contribution in [0.4, 0.5) is 5.69 Å². The van der Waals surface area contributed by atoms with E-state index < -0.39 is 11.0 Å². The largest absolute Gasteiger partial charge is 0.450 e. The molecule has 0 aliphatic rings. The lowest BCUT2D eigenvalue weighted by Crippen LogP contribution is -1.95. The van der Waals surface area contributed by atoms with Crippen LogP contribution in [0.15, 0.2) is 42.5 Å². The van der Waals surface area contributed by atoms with Crippen molar-refractivity contribution in [1.29, 1.82) is 0 Å². The Bertz CT molecular complexity index is 643. The summed E-state index contributed by atoms with van der Waals surface area (Å²) in [5, 5.41) is 20.7. The van der Waals surface area contributed by atoms with Gasteiger partial charge in [-0.05, 0) is 36.8 Å². The van der Waals surface area contributed by atoms with E-state index in [9.17, 15) is 15.2 Å². The van der Waals surface area contributed by atoms with Gasteiger partial charge in [0.25, 0.3) is 0 Å². The van der Waals surface area contributed by atoms with Gasteiger partial charge in [-0.15, -0.1) is 0 Å². The predicted molar refractivity (Wildman–Crippen MR) is 75.3 cm³/mol. The molecule has 104 valence electrons. The third-order valence-electron chi connectivity index (χ3n) is 2.69. The van der Waals surface area contributed by atoms with Crippen molar-refractivity contribution in [2.75, 3.05) is 0 Å². The van der Waals surface area contributed by atoms with E-state index in [-0.39, 0.29) is 16.5 Å². The molecule has 2 aromatic carbocycles. The number of hydrogen-bond acceptors (Lipinski definition) is 4. The van der Waals surface area contributed by atoms with E-state index in [2.05, 4.69) is 0 Å². The van der Waals surface area contributed by atoms with E-state index in [1.165, 1.54) is 18.2 Å². The Morgan fingerprint density at radius 3 is 2.70 bits per heavy atom. The Balaban J connectivity index is 2.35. The van der Waals surface area contributed by atoms with Gasteiger partial charge in [-0.2, -0.15) is 0 Å². The smallest absolute Gasteiger partial charge is 0.313 e. The number of rotatable bonds is 4. The first kappa shape index (κ1) is 14.3. The van der Waals surface area contributed by atoms with Crippen LogP contribution < -0.4 is 4.74 Å². The van der Waals surface area contributed by atoms with Gasteiger partial charge >= 0.3 is 5.69 Å². The first-order valence-electron chi connectivity index (χ1n) is 5.87. The van der Waals surface area contributed by atoms with Gasteiger partial charge in [0.15, 0.2) is 0 Å². The van der Waals surface area contributed by atoms with Crippen molar-refractivity contribution < 1.29 is 14.8 Å². The molecule has 0 aliphatic heterocycles. The van der Waals surface area contributed by atoms with E-state index in [1.807, 2.05) is 0 Å². The Morgan fingerprint density at radius 1 is 1.30 bits per heavy atom. The highest BCUT2D eigenvalue weighted by atomic mass is 35.5. The highest BCUT2D eigenvalue weighted by Gasteiger charge is 2.16. The summed E-state index contributed by atoms with van der Waals surface area (Å²) in [6, 6.07) is 10.9. The minimum absolute atomic E-state index is 0.0992. The number of halogens is 1. The fraction of sp³-hybridized carbons (Fsp3) is 0.143. The Hall–Kier alpha value is -2.11. The fourth-order valence-corrected chi connectivity index (χ4v) is 1.85. The zero-order valence-corrected chi connectivity index (χ0v) is 11.4. The van der Waals surface area contributed by atoms with E-state index in [0.29, 0.717) is 11.3 Å². The first-order valence-corrected chi connectivity index (χ1v) is 6.25. The molecule has 0 radical (unpaired) electrons. The normalized spacial score (nSPS) is 11.9. The molecule has 0 saturated heterocycles. The van der Waals surface area contributed by atoms with Crippen molar-refractivity contribution in [3.63, 3.8) is 0 Å². The molecule has 1 N–H and O–H groups in total. The number of nitrogens with zero attached hydrogens (tertiary/aromatic N) is 1. The fourth-order valence-electron chi connectivity index (χ4n) is 1.68. The quantitative estimate of drug-likeness (QED) is 0.680. The molecule has 0 saturated carbocycles. The van der Waals surface area contributed by atoms with Gasteiger partial charge in [0.05, 0.1) is 11.0 Å². The number of benzene rings is 2. The zero-order valence-electron chi connectivity index (χ0n) is 10.6. The standard InChI is InChI=1S/C14H12ClNO4/c1-9(17)10-3-2-4-12(7-10)20-14-6-5-11(15)8-13(14)16(18)19/h2-9,17H,1H3/t9-/m0/s1. The molecule has 0 aliphatic carbocycles. The van der Waals surface area contributed by atoms with Gasteiger partial charge in [0.2, 0.25) is 5.75 Å². The molecule has 0 fully saturated rings. The Labute approximate surface area is 120 Å². The van der Waals surface area contributed by atoms with Gasteiger partial charge in [-0.3, -0.25) is 10.1 Å². The van der Waals surface area contributed by atoms with Crippen LogP contribution in [0, 0.1) is 10.1 Å². The number of nitro benzene ring substituents is 1. The van der Waals surface area contributed by atoms with Gasteiger partial charge in [0.1, 0.15) is 5.75 Å². The minimum atomic E-state index is -0.640. The number of ether oxygens (including phenoxy) is 1. The van der Waals surface area contributed by atoms with Crippen LogP contribution in [-0.4, -0.2) is 10.0 Å². The van der Waals surface area contributed by atoms with Crippen LogP contribution in [-0.2, 0) is 0 Å². The van der Waals surface area contributed by atoms with Gasteiger partial charge in [-0.1, -0.05) is 23.7 Å². The minimum Gasteiger partial charge on any atom is -0.450 e. The van der Waals surface area contributed by atoms with Crippen molar-refractivity contribution in [3.05, 3.63) is 63.2 Å². The van der Waals surface area contributed by atoms with E-state index in [1.54, 1.807) is 31.2 Å². The maximum atomic E-state index is 11.0. The maximum Gasteiger partial charge on any atom is 0.313 e. The second-order valence-corrected chi connectivity index (χ2v) is 4.66. The molecule has 0 amide bonds. The molecule has 0 spiro atoms.